The molecule has 7 heteroatoms. The summed E-state index contributed by atoms with van der Waals surface area (Å²) in [6.07, 6.45) is 4.74. The van der Waals surface area contributed by atoms with Crippen LogP contribution in [-0.4, -0.2) is 37.8 Å². The molecule has 0 atom stereocenters. The number of benzene rings is 1. The van der Waals surface area contributed by atoms with E-state index in [1.54, 1.807) is 24.3 Å². The SMILES string of the molecule is CC(C)(C)CNC(=O)CN(C1CCCCC1)S(=O)(=O)c1ccc(Br)cc1. The molecule has 5 nitrogen and oxygen atoms in total. The zero-order valence-corrected chi connectivity index (χ0v) is 18.2. The summed E-state index contributed by atoms with van der Waals surface area (Å²) in [6, 6.07) is 6.49. The maximum Gasteiger partial charge on any atom is 0.243 e. The van der Waals surface area contributed by atoms with Gasteiger partial charge in [-0.1, -0.05) is 56.0 Å². The Kier molecular flexibility index (Phi) is 7.27. The largest absolute Gasteiger partial charge is 0.354 e. The number of halogens is 1. The van der Waals surface area contributed by atoms with Crippen molar-refractivity contribution in [3.8, 4) is 0 Å². The Morgan fingerprint density at radius 1 is 1.15 bits per heavy atom. The molecule has 1 amide bonds. The van der Waals surface area contributed by atoms with Gasteiger partial charge in [-0.25, -0.2) is 8.42 Å². The Balaban J connectivity index is 2.22. The minimum absolute atomic E-state index is 0.0457. The summed E-state index contributed by atoms with van der Waals surface area (Å²) >= 11 is 3.33. The van der Waals surface area contributed by atoms with E-state index in [1.165, 1.54) is 4.31 Å². The molecule has 1 N–H and O–H groups in total. The van der Waals surface area contributed by atoms with Crippen LogP contribution in [0.3, 0.4) is 0 Å². The predicted molar refractivity (Wildman–Crippen MR) is 107 cm³/mol. The molecule has 1 aromatic rings. The smallest absolute Gasteiger partial charge is 0.243 e. The normalized spacial score (nSPS) is 16.7. The number of sulfonamides is 1. The van der Waals surface area contributed by atoms with Gasteiger partial charge in [-0.05, 0) is 42.5 Å². The van der Waals surface area contributed by atoms with Crippen molar-refractivity contribution >= 4 is 31.9 Å². The molecule has 0 aliphatic heterocycles. The van der Waals surface area contributed by atoms with Gasteiger partial charge < -0.3 is 5.32 Å². The fourth-order valence-corrected chi connectivity index (χ4v) is 4.99. The van der Waals surface area contributed by atoms with Gasteiger partial charge in [-0.3, -0.25) is 4.79 Å². The van der Waals surface area contributed by atoms with E-state index < -0.39 is 10.0 Å². The van der Waals surface area contributed by atoms with E-state index in [9.17, 15) is 13.2 Å². The van der Waals surface area contributed by atoms with Gasteiger partial charge in [0.25, 0.3) is 0 Å². The second-order valence-electron chi connectivity index (χ2n) is 8.13. The molecule has 1 aromatic carbocycles. The number of rotatable bonds is 6. The first kappa shape index (κ1) is 21.4. The van der Waals surface area contributed by atoms with Crippen LogP contribution in [0, 0.1) is 5.41 Å². The van der Waals surface area contributed by atoms with E-state index in [1.807, 2.05) is 20.8 Å². The van der Waals surface area contributed by atoms with Crippen LogP contribution in [0.5, 0.6) is 0 Å². The first-order valence-electron chi connectivity index (χ1n) is 9.14. The summed E-state index contributed by atoms with van der Waals surface area (Å²) in [6.45, 7) is 6.49. The van der Waals surface area contributed by atoms with Crippen molar-refractivity contribution in [3.63, 3.8) is 0 Å². The number of amides is 1. The standard InChI is InChI=1S/C19H29BrN2O3S/c1-19(2,3)14-21-18(23)13-22(16-7-5-4-6-8-16)26(24,25)17-11-9-15(20)10-12-17/h9-12,16H,4-8,13-14H2,1-3H3,(H,21,23). The van der Waals surface area contributed by atoms with Crippen LogP contribution >= 0.6 is 15.9 Å². The highest BCUT2D eigenvalue weighted by atomic mass is 79.9. The molecule has 0 radical (unpaired) electrons. The van der Waals surface area contributed by atoms with Gasteiger partial charge in [-0.2, -0.15) is 4.31 Å². The second-order valence-corrected chi connectivity index (χ2v) is 10.9. The maximum atomic E-state index is 13.2. The lowest BCUT2D eigenvalue weighted by Crippen LogP contribution is -2.48. The van der Waals surface area contributed by atoms with E-state index in [0.29, 0.717) is 6.54 Å². The van der Waals surface area contributed by atoms with Gasteiger partial charge in [0.15, 0.2) is 0 Å². The molecule has 26 heavy (non-hydrogen) atoms. The Morgan fingerprint density at radius 2 is 1.73 bits per heavy atom. The summed E-state index contributed by atoms with van der Waals surface area (Å²) in [7, 11) is -3.71. The number of carbonyl (C=O) groups excluding carboxylic acids is 1. The Morgan fingerprint density at radius 3 is 2.27 bits per heavy atom. The van der Waals surface area contributed by atoms with E-state index in [4.69, 9.17) is 0 Å². The third-order valence-corrected chi connectivity index (χ3v) is 6.96. The Hall–Kier alpha value is -0.920. The highest BCUT2D eigenvalue weighted by molar-refractivity contribution is 9.10. The van der Waals surface area contributed by atoms with Gasteiger partial charge in [0.2, 0.25) is 15.9 Å². The van der Waals surface area contributed by atoms with Crippen molar-refractivity contribution in [1.29, 1.82) is 0 Å². The zero-order valence-electron chi connectivity index (χ0n) is 15.8. The van der Waals surface area contributed by atoms with Crippen molar-refractivity contribution < 1.29 is 13.2 Å². The fraction of sp³-hybridized carbons (Fsp3) is 0.632. The topological polar surface area (TPSA) is 66.5 Å². The molecule has 0 aromatic heterocycles. The summed E-state index contributed by atoms with van der Waals surface area (Å²) in [5, 5.41) is 2.87. The minimum atomic E-state index is -3.71. The van der Waals surface area contributed by atoms with E-state index in [-0.39, 0.29) is 28.8 Å². The van der Waals surface area contributed by atoms with Crippen molar-refractivity contribution in [3.05, 3.63) is 28.7 Å². The number of nitrogens with one attached hydrogen (secondary N) is 1. The summed E-state index contributed by atoms with van der Waals surface area (Å²) in [4.78, 5) is 12.7. The average Bonchev–Trinajstić information content (AvgIpc) is 2.58. The summed E-state index contributed by atoms with van der Waals surface area (Å²) in [5.41, 5.74) is -0.0457. The molecule has 1 aliphatic rings. The highest BCUT2D eigenvalue weighted by Crippen LogP contribution is 2.28. The number of nitrogens with zero attached hydrogens (tertiary/aromatic N) is 1. The highest BCUT2D eigenvalue weighted by Gasteiger charge is 2.34. The molecule has 0 spiro atoms. The zero-order chi connectivity index (χ0) is 19.4. The molecular weight excluding hydrogens is 416 g/mol. The summed E-state index contributed by atoms with van der Waals surface area (Å²) in [5.74, 6) is -0.244. The van der Waals surface area contributed by atoms with E-state index in [2.05, 4.69) is 21.2 Å². The lowest BCUT2D eigenvalue weighted by Gasteiger charge is -2.33. The maximum absolute atomic E-state index is 13.2. The molecule has 0 unspecified atom stereocenters. The first-order chi connectivity index (χ1) is 12.1. The summed E-state index contributed by atoms with van der Waals surface area (Å²) < 4.78 is 28.7. The molecular formula is C19H29BrN2O3S. The molecule has 0 saturated heterocycles. The van der Waals surface area contributed by atoms with Crippen LogP contribution in [0.2, 0.25) is 0 Å². The number of carbonyl (C=O) groups is 1. The first-order valence-corrected chi connectivity index (χ1v) is 11.4. The Bertz CT molecular complexity index is 705. The lowest BCUT2D eigenvalue weighted by molar-refractivity contribution is -0.122. The van der Waals surface area contributed by atoms with Crippen molar-refractivity contribution in [2.75, 3.05) is 13.1 Å². The molecule has 146 valence electrons. The second kappa shape index (κ2) is 8.85. The average molecular weight is 445 g/mol. The van der Waals surface area contributed by atoms with E-state index >= 15 is 0 Å². The van der Waals surface area contributed by atoms with Crippen LogP contribution in [0.15, 0.2) is 33.6 Å². The minimum Gasteiger partial charge on any atom is -0.354 e. The van der Waals surface area contributed by atoms with Crippen LogP contribution in [0.1, 0.15) is 52.9 Å². The van der Waals surface area contributed by atoms with Gasteiger partial charge in [0.05, 0.1) is 11.4 Å². The predicted octanol–water partition coefficient (Wildman–Crippen LogP) is 3.93. The van der Waals surface area contributed by atoms with Crippen LogP contribution < -0.4 is 5.32 Å². The number of hydrogen-bond acceptors (Lipinski definition) is 3. The Labute approximate surface area is 165 Å². The molecule has 1 aliphatic carbocycles. The molecule has 0 heterocycles. The van der Waals surface area contributed by atoms with E-state index in [0.717, 1.165) is 36.6 Å². The molecule has 0 bridgehead atoms. The molecule has 1 fully saturated rings. The number of hydrogen-bond donors (Lipinski definition) is 1. The van der Waals surface area contributed by atoms with Gasteiger partial charge >= 0.3 is 0 Å². The monoisotopic (exact) mass is 444 g/mol. The van der Waals surface area contributed by atoms with Crippen LogP contribution in [0.25, 0.3) is 0 Å². The van der Waals surface area contributed by atoms with Crippen LogP contribution in [0.4, 0.5) is 0 Å². The quantitative estimate of drug-likeness (QED) is 0.722. The molecule has 2 rings (SSSR count). The van der Waals surface area contributed by atoms with Crippen LogP contribution in [-0.2, 0) is 14.8 Å². The van der Waals surface area contributed by atoms with Crippen molar-refractivity contribution in [1.82, 2.24) is 9.62 Å². The fourth-order valence-electron chi connectivity index (χ4n) is 3.08. The van der Waals surface area contributed by atoms with Gasteiger partial charge in [0, 0.05) is 17.1 Å². The van der Waals surface area contributed by atoms with Crippen molar-refractivity contribution in [2.45, 2.75) is 63.8 Å². The van der Waals surface area contributed by atoms with Gasteiger partial charge in [0.1, 0.15) is 0 Å². The van der Waals surface area contributed by atoms with Crippen molar-refractivity contribution in [2.24, 2.45) is 5.41 Å². The van der Waals surface area contributed by atoms with Gasteiger partial charge in [-0.15, -0.1) is 0 Å². The molecule has 1 saturated carbocycles. The third-order valence-electron chi connectivity index (χ3n) is 4.52. The third kappa shape index (κ3) is 6.06. The lowest BCUT2D eigenvalue weighted by atomic mass is 9.95.